The van der Waals surface area contributed by atoms with Crippen molar-refractivity contribution in [2.75, 3.05) is 5.32 Å². The van der Waals surface area contributed by atoms with E-state index in [1.54, 1.807) is 12.3 Å². The molecule has 2 rings (SSSR count). The minimum atomic E-state index is -0.615. The monoisotopic (exact) mass is 285 g/mol. The minimum absolute atomic E-state index is 0.0950. The Bertz CT molecular complexity index is 814. The second-order valence-corrected chi connectivity index (χ2v) is 4.66. The minimum Gasteiger partial charge on any atom is -0.362 e. The third kappa shape index (κ3) is 2.56. The lowest BCUT2D eigenvalue weighted by Crippen LogP contribution is -2.40. The van der Waals surface area contributed by atoms with Crippen LogP contribution in [0.2, 0.25) is 0 Å². The first-order chi connectivity index (χ1) is 9.97. The molecule has 1 N–H and O–H groups in total. The average Bonchev–Trinajstić information content (AvgIpc) is 2.51. The second kappa shape index (κ2) is 5.63. The van der Waals surface area contributed by atoms with E-state index in [9.17, 15) is 14.9 Å². The molecule has 0 aliphatic heterocycles. The molecule has 0 amide bonds. The summed E-state index contributed by atoms with van der Waals surface area (Å²) in [6.45, 7) is 1.84. The summed E-state index contributed by atoms with van der Waals surface area (Å²) in [4.78, 5) is 28.1. The van der Waals surface area contributed by atoms with E-state index in [4.69, 9.17) is 0 Å². The fraction of sp³-hybridized carbons (Fsp3) is 0.286. The zero-order valence-electron chi connectivity index (χ0n) is 12.0. The Balaban J connectivity index is 2.53. The molecule has 0 bridgehead atoms. The number of hydrogen-bond acceptors (Lipinski definition) is 5. The van der Waals surface area contributed by atoms with Crippen LogP contribution in [0.5, 0.6) is 0 Å². The zero-order chi connectivity index (χ0) is 15.6. The van der Waals surface area contributed by atoms with Gasteiger partial charge in [0, 0.05) is 20.3 Å². The number of anilines is 1. The van der Waals surface area contributed by atoms with Crippen LogP contribution in [0.1, 0.15) is 24.2 Å². The summed E-state index contributed by atoms with van der Waals surface area (Å²) in [6.07, 6.45) is 1.65. The van der Waals surface area contributed by atoms with E-state index in [1.165, 1.54) is 18.7 Å². The Morgan fingerprint density at radius 1 is 1.29 bits per heavy atom. The summed E-state index contributed by atoms with van der Waals surface area (Å²) < 4.78 is 2.16. The summed E-state index contributed by atoms with van der Waals surface area (Å²) in [5.41, 5.74) is -0.456. The first-order valence-corrected chi connectivity index (χ1v) is 6.35. The highest BCUT2D eigenvalue weighted by Gasteiger charge is 2.17. The Labute approximate surface area is 121 Å². The van der Waals surface area contributed by atoms with Crippen molar-refractivity contribution in [2.24, 2.45) is 14.1 Å². The molecule has 0 aliphatic rings. The molecule has 0 aliphatic carbocycles. The van der Waals surface area contributed by atoms with Crippen molar-refractivity contribution in [1.82, 2.24) is 14.1 Å². The third-order valence-electron chi connectivity index (χ3n) is 3.26. The summed E-state index contributed by atoms with van der Waals surface area (Å²) in [5.74, 6) is 0.198. The standard InChI is InChI=1S/C14H15N5O2/c1-9(11-6-4-5-7-16-11)17-12-10(8-15)13(20)19(3)14(21)18(12)2/h4-7,9,17H,1-3H3/t9-/m1/s1. The van der Waals surface area contributed by atoms with E-state index >= 15 is 0 Å². The third-order valence-corrected chi connectivity index (χ3v) is 3.26. The molecule has 0 unspecified atom stereocenters. The van der Waals surface area contributed by atoms with E-state index in [2.05, 4.69) is 10.3 Å². The molecule has 7 heteroatoms. The number of rotatable bonds is 3. The SMILES string of the molecule is C[C@@H](Nc1c(C#N)c(=O)n(C)c(=O)n1C)c1ccccn1. The van der Waals surface area contributed by atoms with Crippen molar-refractivity contribution in [2.45, 2.75) is 13.0 Å². The largest absolute Gasteiger partial charge is 0.362 e. The Morgan fingerprint density at radius 3 is 2.57 bits per heavy atom. The highest BCUT2D eigenvalue weighted by Crippen LogP contribution is 2.17. The second-order valence-electron chi connectivity index (χ2n) is 4.66. The van der Waals surface area contributed by atoms with Gasteiger partial charge in [-0.05, 0) is 19.1 Å². The molecule has 0 saturated heterocycles. The van der Waals surface area contributed by atoms with Gasteiger partial charge in [0.1, 0.15) is 11.9 Å². The molecule has 7 nitrogen and oxygen atoms in total. The Kier molecular flexibility index (Phi) is 3.89. The quantitative estimate of drug-likeness (QED) is 0.887. The molecule has 1 atom stereocenters. The molecule has 0 radical (unpaired) electrons. The van der Waals surface area contributed by atoms with Crippen molar-refractivity contribution < 1.29 is 0 Å². The number of nitriles is 1. The number of hydrogen-bond donors (Lipinski definition) is 1. The van der Waals surface area contributed by atoms with Crippen molar-refractivity contribution in [3.63, 3.8) is 0 Å². The van der Waals surface area contributed by atoms with Gasteiger partial charge >= 0.3 is 5.69 Å². The van der Waals surface area contributed by atoms with Gasteiger partial charge in [-0.25, -0.2) is 4.79 Å². The van der Waals surface area contributed by atoms with E-state index in [-0.39, 0.29) is 17.4 Å². The van der Waals surface area contributed by atoms with Gasteiger partial charge in [0.25, 0.3) is 5.56 Å². The lowest BCUT2D eigenvalue weighted by Gasteiger charge is -2.18. The lowest BCUT2D eigenvalue weighted by atomic mass is 10.2. The van der Waals surface area contributed by atoms with Crippen molar-refractivity contribution in [3.05, 3.63) is 56.5 Å². The maximum atomic E-state index is 12.0. The van der Waals surface area contributed by atoms with Crippen molar-refractivity contribution >= 4 is 5.82 Å². The first-order valence-electron chi connectivity index (χ1n) is 6.35. The topological polar surface area (TPSA) is 92.7 Å². The van der Waals surface area contributed by atoms with Crippen LogP contribution in [0.25, 0.3) is 0 Å². The van der Waals surface area contributed by atoms with Crippen LogP contribution in [-0.2, 0) is 14.1 Å². The highest BCUT2D eigenvalue weighted by molar-refractivity contribution is 5.52. The van der Waals surface area contributed by atoms with E-state index in [1.807, 2.05) is 25.1 Å². The van der Waals surface area contributed by atoms with Crippen LogP contribution in [0.3, 0.4) is 0 Å². The van der Waals surface area contributed by atoms with Crippen LogP contribution >= 0.6 is 0 Å². The molecule has 0 fully saturated rings. The highest BCUT2D eigenvalue weighted by atomic mass is 16.2. The van der Waals surface area contributed by atoms with E-state index in [0.717, 1.165) is 10.3 Å². The van der Waals surface area contributed by atoms with Crippen molar-refractivity contribution in [3.8, 4) is 6.07 Å². The molecule has 108 valence electrons. The molecule has 2 heterocycles. The van der Waals surface area contributed by atoms with Crippen LogP contribution in [0, 0.1) is 11.3 Å². The van der Waals surface area contributed by atoms with Gasteiger partial charge in [-0.1, -0.05) is 6.07 Å². The normalized spacial score (nSPS) is 11.7. The van der Waals surface area contributed by atoms with Gasteiger partial charge in [-0.2, -0.15) is 5.26 Å². The van der Waals surface area contributed by atoms with Gasteiger partial charge in [-0.3, -0.25) is 18.9 Å². The zero-order valence-corrected chi connectivity index (χ0v) is 12.0. The fourth-order valence-corrected chi connectivity index (χ4v) is 2.03. The summed E-state index contributed by atoms with van der Waals surface area (Å²) >= 11 is 0. The van der Waals surface area contributed by atoms with Gasteiger partial charge < -0.3 is 5.32 Å². The predicted octanol–water partition coefficient (Wildman–Crippen LogP) is 0.524. The maximum Gasteiger partial charge on any atom is 0.332 e. The molecular formula is C14H15N5O2. The molecule has 0 saturated carbocycles. The first kappa shape index (κ1) is 14.5. The predicted molar refractivity (Wildman–Crippen MR) is 77.9 cm³/mol. The summed E-state index contributed by atoms with van der Waals surface area (Å²) in [6, 6.07) is 7.06. The Morgan fingerprint density at radius 2 is 2.00 bits per heavy atom. The fourth-order valence-electron chi connectivity index (χ4n) is 2.03. The average molecular weight is 285 g/mol. The van der Waals surface area contributed by atoms with Gasteiger partial charge in [0.2, 0.25) is 0 Å². The molecule has 21 heavy (non-hydrogen) atoms. The van der Waals surface area contributed by atoms with Crippen LogP contribution in [-0.4, -0.2) is 14.1 Å². The molecule has 0 aromatic carbocycles. The number of aromatic nitrogens is 3. The number of nitrogens with zero attached hydrogens (tertiary/aromatic N) is 4. The van der Waals surface area contributed by atoms with Crippen LogP contribution in [0.4, 0.5) is 5.82 Å². The smallest absolute Gasteiger partial charge is 0.332 e. The maximum absolute atomic E-state index is 12.0. The van der Waals surface area contributed by atoms with Crippen molar-refractivity contribution in [1.29, 1.82) is 5.26 Å². The summed E-state index contributed by atoms with van der Waals surface area (Å²) in [5, 5.41) is 12.2. The van der Waals surface area contributed by atoms with Gasteiger partial charge in [0.15, 0.2) is 5.56 Å². The number of nitrogens with one attached hydrogen (secondary N) is 1. The van der Waals surface area contributed by atoms with Gasteiger partial charge in [-0.15, -0.1) is 0 Å². The van der Waals surface area contributed by atoms with E-state index in [0.29, 0.717) is 0 Å². The van der Waals surface area contributed by atoms with Crippen LogP contribution in [0.15, 0.2) is 34.0 Å². The lowest BCUT2D eigenvalue weighted by molar-refractivity contribution is 0.676. The van der Waals surface area contributed by atoms with Crippen LogP contribution < -0.4 is 16.6 Å². The molecule has 0 spiro atoms. The summed E-state index contributed by atoms with van der Waals surface area (Å²) in [7, 11) is 2.85. The number of pyridine rings is 1. The molecule has 2 aromatic rings. The van der Waals surface area contributed by atoms with Gasteiger partial charge in [0.05, 0.1) is 11.7 Å². The Hall–Kier alpha value is -2.88. The van der Waals surface area contributed by atoms with E-state index < -0.39 is 11.2 Å². The molecule has 2 aromatic heterocycles. The molecular weight excluding hydrogens is 270 g/mol.